The maximum absolute atomic E-state index is 10.9. The van der Waals surface area contributed by atoms with E-state index in [9.17, 15) is 4.79 Å². The molecule has 0 aliphatic carbocycles. The van der Waals surface area contributed by atoms with E-state index in [4.69, 9.17) is 10.2 Å². The molecule has 1 aromatic heterocycles. The Morgan fingerprint density at radius 3 is 2.53 bits per heavy atom. The van der Waals surface area contributed by atoms with Crippen molar-refractivity contribution in [2.24, 2.45) is 0 Å². The van der Waals surface area contributed by atoms with Crippen LogP contribution in [0.2, 0.25) is 0 Å². The molecule has 0 unspecified atom stereocenters. The van der Waals surface area contributed by atoms with Crippen molar-refractivity contribution in [1.29, 1.82) is 0 Å². The number of likely N-dealkylation sites (N-methyl/N-ethyl adjacent to an activating group) is 1. The fourth-order valence-corrected chi connectivity index (χ4v) is 1.43. The Labute approximate surface area is 88.0 Å². The van der Waals surface area contributed by atoms with Crippen molar-refractivity contribution < 1.29 is 15.0 Å². The normalized spacial score (nSPS) is 12.1. The molecule has 15 heavy (non-hydrogen) atoms. The summed E-state index contributed by atoms with van der Waals surface area (Å²) in [5.41, 5.74) is 0.744. The Kier molecular flexibility index (Phi) is 4.05. The number of hydrogen-bond donors (Lipinski definition) is 2. The van der Waals surface area contributed by atoms with E-state index in [2.05, 4.69) is 4.98 Å². The van der Waals surface area contributed by atoms with Gasteiger partial charge in [-0.1, -0.05) is 0 Å². The van der Waals surface area contributed by atoms with Crippen molar-refractivity contribution in [2.75, 3.05) is 18.1 Å². The molecule has 0 spiro atoms. The highest BCUT2D eigenvalue weighted by atomic mass is 16.4. The molecule has 5 heteroatoms. The number of rotatable bonds is 5. The average molecular weight is 210 g/mol. The van der Waals surface area contributed by atoms with Crippen molar-refractivity contribution >= 4 is 11.7 Å². The second kappa shape index (κ2) is 5.31. The zero-order valence-corrected chi connectivity index (χ0v) is 8.50. The van der Waals surface area contributed by atoms with Crippen LogP contribution in [0.1, 0.15) is 6.92 Å². The highest BCUT2D eigenvalue weighted by Gasteiger charge is 2.23. The third kappa shape index (κ3) is 2.66. The van der Waals surface area contributed by atoms with Gasteiger partial charge in [-0.05, 0) is 19.1 Å². The second-order valence-electron chi connectivity index (χ2n) is 3.03. The van der Waals surface area contributed by atoms with Gasteiger partial charge in [-0.3, -0.25) is 4.98 Å². The summed E-state index contributed by atoms with van der Waals surface area (Å²) in [5.74, 6) is -1.03. The number of carbonyl (C=O) groups is 1. The van der Waals surface area contributed by atoms with Gasteiger partial charge in [-0.25, -0.2) is 4.79 Å². The molecule has 2 N–H and O–H groups in total. The first kappa shape index (κ1) is 11.5. The van der Waals surface area contributed by atoms with Gasteiger partial charge in [-0.2, -0.15) is 0 Å². The van der Waals surface area contributed by atoms with E-state index in [1.807, 2.05) is 6.92 Å². The fraction of sp³-hybridized carbons (Fsp3) is 0.400. The molecule has 0 radical (unpaired) electrons. The lowest BCUT2D eigenvalue weighted by atomic mass is 10.2. The predicted octanol–water partition coefficient (Wildman–Crippen LogP) is 0.353. The van der Waals surface area contributed by atoms with Gasteiger partial charge >= 0.3 is 5.97 Å². The van der Waals surface area contributed by atoms with E-state index in [-0.39, 0.29) is 0 Å². The smallest absolute Gasteiger partial charge is 0.328 e. The van der Waals surface area contributed by atoms with Gasteiger partial charge in [0.2, 0.25) is 0 Å². The van der Waals surface area contributed by atoms with Crippen LogP contribution in [0.25, 0.3) is 0 Å². The van der Waals surface area contributed by atoms with Gasteiger partial charge in [0.25, 0.3) is 0 Å². The Bertz CT molecular complexity index is 316. The fourth-order valence-electron chi connectivity index (χ4n) is 1.43. The Morgan fingerprint density at radius 2 is 2.13 bits per heavy atom. The van der Waals surface area contributed by atoms with Crippen molar-refractivity contribution in [3.8, 4) is 0 Å². The maximum Gasteiger partial charge on any atom is 0.328 e. The van der Waals surface area contributed by atoms with Gasteiger partial charge in [-0.15, -0.1) is 0 Å². The lowest BCUT2D eigenvalue weighted by Gasteiger charge is -2.28. The number of nitrogens with zero attached hydrogens (tertiary/aromatic N) is 2. The summed E-state index contributed by atoms with van der Waals surface area (Å²) in [6, 6.07) is 2.53. The standard InChI is InChI=1S/C10H14N2O3/c1-2-12(9(7-13)10(14)15)8-3-5-11-6-4-8/h3-6,9,13H,2,7H2,1H3,(H,14,15)/t9-/m0/s1. The molecule has 0 aliphatic heterocycles. The van der Waals surface area contributed by atoms with E-state index in [1.165, 1.54) is 0 Å². The molecule has 5 nitrogen and oxygen atoms in total. The Morgan fingerprint density at radius 1 is 1.53 bits per heavy atom. The molecular weight excluding hydrogens is 196 g/mol. The van der Waals surface area contributed by atoms with Crippen LogP contribution in [-0.4, -0.2) is 40.4 Å². The van der Waals surface area contributed by atoms with Gasteiger partial charge in [0.15, 0.2) is 6.04 Å². The third-order valence-electron chi connectivity index (χ3n) is 2.17. The summed E-state index contributed by atoms with van der Waals surface area (Å²) >= 11 is 0. The number of pyridine rings is 1. The molecule has 0 aliphatic rings. The van der Waals surface area contributed by atoms with Crippen molar-refractivity contribution in [3.63, 3.8) is 0 Å². The molecule has 0 saturated heterocycles. The number of aliphatic carboxylic acids is 1. The number of anilines is 1. The highest BCUT2D eigenvalue weighted by molar-refractivity contribution is 5.78. The van der Waals surface area contributed by atoms with Crippen LogP contribution in [0.15, 0.2) is 24.5 Å². The summed E-state index contributed by atoms with van der Waals surface area (Å²) in [6.07, 6.45) is 3.18. The monoisotopic (exact) mass is 210 g/mol. The molecule has 1 atom stereocenters. The van der Waals surface area contributed by atoms with Gasteiger partial charge in [0.1, 0.15) is 0 Å². The quantitative estimate of drug-likeness (QED) is 0.733. The van der Waals surface area contributed by atoms with Crippen molar-refractivity contribution in [3.05, 3.63) is 24.5 Å². The van der Waals surface area contributed by atoms with Crippen LogP contribution in [0.3, 0.4) is 0 Å². The zero-order chi connectivity index (χ0) is 11.3. The first-order chi connectivity index (χ1) is 7.20. The van der Waals surface area contributed by atoms with Crippen LogP contribution in [0.4, 0.5) is 5.69 Å². The molecular formula is C10H14N2O3. The third-order valence-corrected chi connectivity index (χ3v) is 2.17. The number of aliphatic hydroxyl groups excluding tert-OH is 1. The summed E-state index contributed by atoms with van der Waals surface area (Å²) in [6.45, 7) is 1.94. The van der Waals surface area contributed by atoms with Crippen LogP contribution < -0.4 is 4.90 Å². The average Bonchev–Trinajstić information content (AvgIpc) is 2.26. The van der Waals surface area contributed by atoms with Gasteiger partial charge in [0, 0.05) is 24.6 Å². The second-order valence-corrected chi connectivity index (χ2v) is 3.03. The minimum absolute atomic E-state index is 0.411. The molecule has 0 saturated carbocycles. The minimum Gasteiger partial charge on any atom is -0.480 e. The molecule has 0 fully saturated rings. The summed E-state index contributed by atoms with van der Waals surface area (Å²) < 4.78 is 0. The Hall–Kier alpha value is -1.62. The van der Waals surface area contributed by atoms with Crippen LogP contribution >= 0.6 is 0 Å². The lowest BCUT2D eigenvalue weighted by molar-refractivity contribution is -0.139. The number of carboxylic acids is 1. The highest BCUT2D eigenvalue weighted by Crippen LogP contribution is 2.15. The van der Waals surface area contributed by atoms with Crippen LogP contribution in [-0.2, 0) is 4.79 Å². The largest absolute Gasteiger partial charge is 0.480 e. The summed E-state index contributed by atoms with van der Waals surface area (Å²) in [5, 5.41) is 17.9. The minimum atomic E-state index is -1.03. The maximum atomic E-state index is 10.9. The molecule has 0 amide bonds. The molecule has 1 rings (SSSR count). The van der Waals surface area contributed by atoms with E-state index in [0.717, 1.165) is 5.69 Å². The molecule has 1 heterocycles. The number of aromatic nitrogens is 1. The SMILES string of the molecule is CCN(c1ccncc1)[C@@H](CO)C(=O)O. The first-order valence-corrected chi connectivity index (χ1v) is 4.71. The van der Waals surface area contributed by atoms with Crippen molar-refractivity contribution in [1.82, 2.24) is 4.98 Å². The van der Waals surface area contributed by atoms with Gasteiger partial charge < -0.3 is 15.1 Å². The molecule has 0 aromatic carbocycles. The topological polar surface area (TPSA) is 73.7 Å². The lowest BCUT2D eigenvalue weighted by Crippen LogP contribution is -2.43. The van der Waals surface area contributed by atoms with Crippen LogP contribution in [0.5, 0.6) is 0 Å². The van der Waals surface area contributed by atoms with E-state index in [0.29, 0.717) is 6.54 Å². The number of hydrogen-bond acceptors (Lipinski definition) is 4. The van der Waals surface area contributed by atoms with Gasteiger partial charge in [0.05, 0.1) is 6.61 Å². The van der Waals surface area contributed by atoms with E-state index < -0.39 is 18.6 Å². The van der Waals surface area contributed by atoms with E-state index >= 15 is 0 Å². The summed E-state index contributed by atoms with van der Waals surface area (Å²) in [4.78, 5) is 16.4. The van der Waals surface area contributed by atoms with E-state index in [1.54, 1.807) is 29.4 Å². The molecule has 1 aromatic rings. The number of aliphatic hydroxyl groups is 1. The number of carboxylic acid groups (broad SMARTS) is 1. The Balaban J connectivity index is 2.92. The zero-order valence-electron chi connectivity index (χ0n) is 8.50. The first-order valence-electron chi connectivity index (χ1n) is 4.71. The molecule has 0 bridgehead atoms. The summed E-state index contributed by atoms with van der Waals surface area (Å²) in [7, 11) is 0. The van der Waals surface area contributed by atoms with Crippen molar-refractivity contribution in [2.45, 2.75) is 13.0 Å². The molecule has 82 valence electrons. The van der Waals surface area contributed by atoms with Crippen LogP contribution in [0, 0.1) is 0 Å². The predicted molar refractivity (Wildman–Crippen MR) is 55.8 cm³/mol.